The molecule has 2 aromatic heterocycles. The summed E-state index contributed by atoms with van der Waals surface area (Å²) < 4.78 is 6.28. The van der Waals surface area contributed by atoms with Gasteiger partial charge in [-0.05, 0) is 50.2 Å². The van der Waals surface area contributed by atoms with Crippen molar-refractivity contribution in [2.75, 3.05) is 0 Å². The Morgan fingerprint density at radius 1 is 0.576 bits per heavy atom. The Morgan fingerprint density at radius 3 is 1.85 bits per heavy atom. The van der Waals surface area contributed by atoms with E-state index in [1.807, 2.05) is 24.3 Å². The maximum absolute atomic E-state index is 6.28. The number of hydrogen-bond acceptors (Lipinski definition) is 3. The van der Waals surface area contributed by atoms with Crippen LogP contribution in [0, 0.1) is 13.8 Å². The standard InChI is InChI=1S/C28H20Cl2N2O/c1-17-3-7-19(8-4-17)25-16-22(28(32-31-25)20-9-5-18(2)6-10-20)27-14-13-26(33-27)21-11-12-23(29)24(30)15-21/h3-16H,1-2H3. The highest BCUT2D eigenvalue weighted by Gasteiger charge is 2.17. The SMILES string of the molecule is Cc1ccc(-c2cc(-c3ccc(-c4ccc(Cl)c(Cl)c4)o3)c(-c3ccc(C)cc3)nn2)cc1. The molecule has 0 atom stereocenters. The Bertz CT molecular complexity index is 1440. The van der Waals surface area contributed by atoms with E-state index in [9.17, 15) is 0 Å². The van der Waals surface area contributed by atoms with E-state index < -0.39 is 0 Å². The van der Waals surface area contributed by atoms with E-state index >= 15 is 0 Å². The molecule has 0 fully saturated rings. The van der Waals surface area contributed by atoms with Crippen molar-refractivity contribution in [3.05, 3.63) is 106 Å². The largest absolute Gasteiger partial charge is 0.456 e. The lowest BCUT2D eigenvalue weighted by Gasteiger charge is -2.10. The summed E-state index contributed by atoms with van der Waals surface area (Å²) in [5.74, 6) is 1.40. The highest BCUT2D eigenvalue weighted by molar-refractivity contribution is 6.42. The van der Waals surface area contributed by atoms with Crippen molar-refractivity contribution in [3.8, 4) is 45.2 Å². The average molecular weight is 471 g/mol. The second-order valence-electron chi connectivity index (χ2n) is 8.02. The van der Waals surface area contributed by atoms with Crippen LogP contribution in [0.15, 0.2) is 89.3 Å². The van der Waals surface area contributed by atoms with E-state index in [0.717, 1.165) is 33.6 Å². The molecule has 0 spiro atoms. The second-order valence-corrected chi connectivity index (χ2v) is 8.83. The van der Waals surface area contributed by atoms with Crippen molar-refractivity contribution < 1.29 is 4.42 Å². The maximum Gasteiger partial charge on any atom is 0.137 e. The molecule has 0 bridgehead atoms. The highest BCUT2D eigenvalue weighted by Crippen LogP contribution is 2.37. The summed E-state index contributed by atoms with van der Waals surface area (Å²) in [6.07, 6.45) is 0. The first kappa shape index (κ1) is 21.4. The van der Waals surface area contributed by atoms with Crippen molar-refractivity contribution in [2.24, 2.45) is 0 Å². The fraction of sp³-hybridized carbons (Fsp3) is 0.0714. The Labute approximate surface area is 202 Å². The van der Waals surface area contributed by atoms with Gasteiger partial charge >= 0.3 is 0 Å². The minimum atomic E-state index is 0.486. The Morgan fingerprint density at radius 2 is 1.18 bits per heavy atom. The van der Waals surface area contributed by atoms with Gasteiger partial charge in [-0.3, -0.25) is 0 Å². The van der Waals surface area contributed by atoms with Crippen LogP contribution in [-0.2, 0) is 0 Å². The van der Waals surface area contributed by atoms with Crippen LogP contribution in [0.25, 0.3) is 45.2 Å². The summed E-state index contributed by atoms with van der Waals surface area (Å²) in [7, 11) is 0. The first-order chi connectivity index (χ1) is 16.0. The molecule has 0 aliphatic carbocycles. The Kier molecular flexibility index (Phi) is 5.76. The monoisotopic (exact) mass is 470 g/mol. The van der Waals surface area contributed by atoms with Crippen LogP contribution >= 0.6 is 23.2 Å². The summed E-state index contributed by atoms with van der Waals surface area (Å²) in [5, 5.41) is 10.1. The molecule has 0 amide bonds. The second kappa shape index (κ2) is 8.86. The van der Waals surface area contributed by atoms with E-state index in [4.69, 9.17) is 27.6 Å². The lowest BCUT2D eigenvalue weighted by Crippen LogP contribution is -1.95. The van der Waals surface area contributed by atoms with Crippen LogP contribution in [0.5, 0.6) is 0 Å². The zero-order valence-electron chi connectivity index (χ0n) is 18.1. The molecular formula is C28H20Cl2N2O. The van der Waals surface area contributed by atoms with Gasteiger partial charge in [0.05, 0.1) is 15.7 Å². The summed E-state index contributed by atoms with van der Waals surface area (Å²) in [6.45, 7) is 4.13. The fourth-order valence-electron chi connectivity index (χ4n) is 3.66. The topological polar surface area (TPSA) is 38.9 Å². The van der Waals surface area contributed by atoms with Gasteiger partial charge in [0.1, 0.15) is 17.2 Å². The molecule has 33 heavy (non-hydrogen) atoms. The normalized spacial score (nSPS) is 11.0. The van der Waals surface area contributed by atoms with Crippen LogP contribution in [0.3, 0.4) is 0 Å². The van der Waals surface area contributed by atoms with Crippen molar-refractivity contribution in [3.63, 3.8) is 0 Å². The van der Waals surface area contributed by atoms with Crippen LogP contribution in [0.4, 0.5) is 0 Å². The van der Waals surface area contributed by atoms with Crippen molar-refractivity contribution in [1.82, 2.24) is 10.2 Å². The van der Waals surface area contributed by atoms with Gasteiger partial charge in [0.2, 0.25) is 0 Å². The van der Waals surface area contributed by atoms with Gasteiger partial charge in [-0.1, -0.05) is 82.9 Å². The van der Waals surface area contributed by atoms with Gasteiger partial charge in [0, 0.05) is 22.3 Å². The van der Waals surface area contributed by atoms with Crippen molar-refractivity contribution >= 4 is 23.2 Å². The first-order valence-corrected chi connectivity index (χ1v) is 11.3. The summed E-state index contributed by atoms with van der Waals surface area (Å²) in [5.41, 5.74) is 7.63. The number of benzene rings is 3. The minimum Gasteiger partial charge on any atom is -0.456 e. The summed E-state index contributed by atoms with van der Waals surface area (Å²) in [6, 6.07) is 27.9. The predicted octanol–water partition coefficient (Wildman–Crippen LogP) is 8.66. The van der Waals surface area contributed by atoms with Crippen LogP contribution in [0.2, 0.25) is 10.0 Å². The lowest BCUT2D eigenvalue weighted by atomic mass is 10.0. The van der Waals surface area contributed by atoms with Gasteiger partial charge in [-0.25, -0.2) is 0 Å². The van der Waals surface area contributed by atoms with Gasteiger partial charge in [0.15, 0.2) is 0 Å². The van der Waals surface area contributed by atoms with E-state index in [2.05, 4.69) is 72.6 Å². The molecule has 0 N–H and O–H groups in total. The van der Waals surface area contributed by atoms with E-state index in [1.165, 1.54) is 11.1 Å². The summed E-state index contributed by atoms with van der Waals surface area (Å²) in [4.78, 5) is 0. The van der Waals surface area contributed by atoms with Crippen LogP contribution in [-0.4, -0.2) is 10.2 Å². The highest BCUT2D eigenvalue weighted by atomic mass is 35.5. The maximum atomic E-state index is 6.28. The predicted molar refractivity (Wildman–Crippen MR) is 136 cm³/mol. The third-order valence-electron chi connectivity index (χ3n) is 5.54. The number of aryl methyl sites for hydroxylation is 2. The summed E-state index contributed by atoms with van der Waals surface area (Å²) >= 11 is 12.3. The first-order valence-electron chi connectivity index (χ1n) is 10.6. The van der Waals surface area contributed by atoms with E-state index in [1.54, 1.807) is 12.1 Å². The molecule has 3 aromatic carbocycles. The van der Waals surface area contributed by atoms with Gasteiger partial charge in [0.25, 0.3) is 0 Å². The van der Waals surface area contributed by atoms with E-state index in [-0.39, 0.29) is 0 Å². The van der Waals surface area contributed by atoms with E-state index in [0.29, 0.717) is 21.6 Å². The fourth-order valence-corrected chi connectivity index (χ4v) is 3.95. The molecular weight excluding hydrogens is 451 g/mol. The van der Waals surface area contributed by atoms with Crippen LogP contribution < -0.4 is 0 Å². The zero-order chi connectivity index (χ0) is 22.9. The Balaban J connectivity index is 1.64. The smallest absolute Gasteiger partial charge is 0.137 e. The lowest BCUT2D eigenvalue weighted by molar-refractivity contribution is 0.597. The molecule has 162 valence electrons. The third-order valence-corrected chi connectivity index (χ3v) is 6.28. The molecule has 0 aliphatic heterocycles. The number of halogens is 2. The molecule has 0 saturated heterocycles. The number of rotatable bonds is 4. The van der Waals surface area contributed by atoms with Crippen molar-refractivity contribution in [2.45, 2.75) is 13.8 Å². The minimum absolute atomic E-state index is 0.486. The van der Waals surface area contributed by atoms with Gasteiger partial charge in [-0.2, -0.15) is 0 Å². The van der Waals surface area contributed by atoms with Crippen molar-refractivity contribution in [1.29, 1.82) is 0 Å². The molecule has 5 rings (SSSR count). The van der Waals surface area contributed by atoms with Gasteiger partial charge in [-0.15, -0.1) is 10.2 Å². The molecule has 3 nitrogen and oxygen atoms in total. The number of hydrogen-bond donors (Lipinski definition) is 0. The van der Waals surface area contributed by atoms with Crippen LogP contribution in [0.1, 0.15) is 11.1 Å². The molecule has 0 radical (unpaired) electrons. The number of furan rings is 1. The molecule has 5 aromatic rings. The Hall–Kier alpha value is -3.40. The number of nitrogens with zero attached hydrogens (tertiary/aromatic N) is 2. The molecule has 5 heteroatoms. The quantitative estimate of drug-likeness (QED) is 0.263. The molecule has 0 unspecified atom stereocenters. The average Bonchev–Trinajstić information content (AvgIpc) is 3.32. The molecule has 0 aliphatic rings. The van der Waals surface area contributed by atoms with Gasteiger partial charge < -0.3 is 4.42 Å². The molecule has 0 saturated carbocycles. The molecule has 2 heterocycles. The third kappa shape index (κ3) is 4.43. The zero-order valence-corrected chi connectivity index (χ0v) is 19.7. The number of aromatic nitrogens is 2.